The van der Waals surface area contributed by atoms with Gasteiger partial charge in [0.2, 0.25) is 0 Å². The molecule has 1 amide bonds. The number of aliphatic imine (C=N–C) groups is 1. The normalized spacial score (nSPS) is 10.9. The molecule has 6 heteroatoms. The standard InChI is InChI=1S/C19H24N4O2/c1-23(2)18(20-13-15-7-5-4-6-8-15)21-14-16-9-11-17(12-10-16)22-19(24)25-3/h4-12H,13-14H2,1-3H3,(H,20,21)(H,22,24). The van der Waals surface area contributed by atoms with Gasteiger partial charge in [-0.05, 0) is 23.3 Å². The smallest absolute Gasteiger partial charge is 0.411 e. The molecule has 25 heavy (non-hydrogen) atoms. The van der Waals surface area contributed by atoms with Gasteiger partial charge in [0.15, 0.2) is 5.96 Å². The van der Waals surface area contributed by atoms with E-state index in [1.807, 2.05) is 61.5 Å². The lowest BCUT2D eigenvalue weighted by molar-refractivity contribution is 0.187. The molecule has 6 nitrogen and oxygen atoms in total. The van der Waals surface area contributed by atoms with Gasteiger partial charge in [0.1, 0.15) is 0 Å². The van der Waals surface area contributed by atoms with Gasteiger partial charge in [-0.25, -0.2) is 9.79 Å². The van der Waals surface area contributed by atoms with Crippen LogP contribution in [0.4, 0.5) is 10.5 Å². The minimum atomic E-state index is -0.478. The number of guanidine groups is 1. The summed E-state index contributed by atoms with van der Waals surface area (Å²) in [5.74, 6) is 0.820. The van der Waals surface area contributed by atoms with Gasteiger partial charge in [0.05, 0.1) is 13.7 Å². The molecule has 0 radical (unpaired) electrons. The van der Waals surface area contributed by atoms with Gasteiger partial charge in [-0.15, -0.1) is 0 Å². The number of ether oxygens (including phenoxy) is 1. The molecule has 0 aliphatic heterocycles. The van der Waals surface area contributed by atoms with E-state index in [1.165, 1.54) is 12.7 Å². The fourth-order valence-electron chi connectivity index (χ4n) is 2.16. The van der Waals surface area contributed by atoms with Crippen LogP contribution in [-0.4, -0.2) is 38.2 Å². The Balaban J connectivity index is 1.93. The predicted octanol–water partition coefficient (Wildman–Crippen LogP) is 3.07. The van der Waals surface area contributed by atoms with Crippen LogP contribution < -0.4 is 10.6 Å². The largest absolute Gasteiger partial charge is 0.453 e. The number of anilines is 1. The zero-order valence-corrected chi connectivity index (χ0v) is 14.8. The molecule has 0 bridgehead atoms. The summed E-state index contributed by atoms with van der Waals surface area (Å²) < 4.78 is 4.57. The summed E-state index contributed by atoms with van der Waals surface area (Å²) in [5.41, 5.74) is 2.95. The maximum absolute atomic E-state index is 11.2. The van der Waals surface area contributed by atoms with E-state index in [0.29, 0.717) is 18.8 Å². The van der Waals surface area contributed by atoms with Crippen LogP contribution in [0.5, 0.6) is 0 Å². The molecule has 132 valence electrons. The summed E-state index contributed by atoms with van der Waals surface area (Å²) in [6.45, 7) is 1.27. The maximum atomic E-state index is 11.2. The van der Waals surface area contributed by atoms with E-state index in [4.69, 9.17) is 0 Å². The Morgan fingerprint density at radius 1 is 1.04 bits per heavy atom. The molecular formula is C19H24N4O2. The second kappa shape index (κ2) is 9.32. The van der Waals surface area contributed by atoms with Crippen molar-refractivity contribution in [3.8, 4) is 0 Å². The second-order valence-electron chi connectivity index (χ2n) is 5.69. The number of carbonyl (C=O) groups is 1. The fraction of sp³-hybridized carbons (Fsp3) is 0.263. The minimum Gasteiger partial charge on any atom is -0.453 e. The Kier molecular flexibility index (Phi) is 6.83. The van der Waals surface area contributed by atoms with Crippen LogP contribution in [0, 0.1) is 0 Å². The Hall–Kier alpha value is -3.02. The van der Waals surface area contributed by atoms with Gasteiger partial charge >= 0.3 is 6.09 Å². The zero-order chi connectivity index (χ0) is 18.1. The van der Waals surface area contributed by atoms with Crippen LogP contribution in [0.1, 0.15) is 11.1 Å². The molecule has 2 rings (SSSR count). The van der Waals surface area contributed by atoms with Crippen molar-refractivity contribution in [1.82, 2.24) is 10.2 Å². The first-order valence-corrected chi connectivity index (χ1v) is 8.02. The van der Waals surface area contributed by atoms with Gasteiger partial charge in [-0.1, -0.05) is 42.5 Å². The molecule has 0 fully saturated rings. The number of rotatable bonds is 5. The van der Waals surface area contributed by atoms with E-state index < -0.39 is 6.09 Å². The van der Waals surface area contributed by atoms with Crippen LogP contribution >= 0.6 is 0 Å². The van der Waals surface area contributed by atoms with Crippen molar-refractivity contribution in [3.63, 3.8) is 0 Å². The Labute approximate surface area is 148 Å². The third-order valence-corrected chi connectivity index (χ3v) is 3.51. The molecular weight excluding hydrogens is 316 g/mol. The van der Waals surface area contributed by atoms with Gasteiger partial charge in [-0.3, -0.25) is 5.32 Å². The molecule has 2 aromatic carbocycles. The number of hydrogen-bond donors (Lipinski definition) is 2. The van der Waals surface area contributed by atoms with Gasteiger partial charge in [0, 0.05) is 26.3 Å². The first kappa shape index (κ1) is 18.3. The number of carbonyl (C=O) groups excluding carboxylic acids is 1. The molecule has 0 unspecified atom stereocenters. The summed E-state index contributed by atoms with van der Waals surface area (Å²) in [5, 5.41) is 5.97. The van der Waals surface area contributed by atoms with Gasteiger partial charge < -0.3 is 15.0 Å². The number of methoxy groups -OCH3 is 1. The van der Waals surface area contributed by atoms with Crippen LogP contribution in [0.15, 0.2) is 59.6 Å². The summed E-state index contributed by atoms with van der Waals surface area (Å²) in [6, 6.07) is 17.7. The fourth-order valence-corrected chi connectivity index (χ4v) is 2.16. The van der Waals surface area contributed by atoms with Crippen molar-refractivity contribution < 1.29 is 9.53 Å². The number of nitrogens with one attached hydrogen (secondary N) is 2. The number of nitrogens with zero attached hydrogens (tertiary/aromatic N) is 2. The van der Waals surface area contributed by atoms with E-state index >= 15 is 0 Å². The van der Waals surface area contributed by atoms with Crippen molar-refractivity contribution in [3.05, 3.63) is 65.7 Å². The highest BCUT2D eigenvalue weighted by Gasteiger charge is 2.03. The predicted molar refractivity (Wildman–Crippen MR) is 101 cm³/mol. The molecule has 0 aromatic heterocycles. The lowest BCUT2D eigenvalue weighted by atomic mass is 10.2. The quantitative estimate of drug-likeness (QED) is 0.648. The highest BCUT2D eigenvalue weighted by molar-refractivity contribution is 5.84. The van der Waals surface area contributed by atoms with Crippen molar-refractivity contribution in [1.29, 1.82) is 0 Å². The van der Waals surface area contributed by atoms with E-state index in [9.17, 15) is 4.79 Å². The molecule has 0 atom stereocenters. The van der Waals surface area contributed by atoms with Gasteiger partial charge in [-0.2, -0.15) is 0 Å². The van der Waals surface area contributed by atoms with E-state index in [1.54, 1.807) is 0 Å². The van der Waals surface area contributed by atoms with Crippen molar-refractivity contribution in [2.45, 2.75) is 13.1 Å². The van der Waals surface area contributed by atoms with E-state index in [-0.39, 0.29) is 0 Å². The molecule has 2 N–H and O–H groups in total. The van der Waals surface area contributed by atoms with Crippen molar-refractivity contribution >= 4 is 17.7 Å². The van der Waals surface area contributed by atoms with E-state index in [0.717, 1.165) is 11.5 Å². The van der Waals surface area contributed by atoms with Crippen LogP contribution in [0.2, 0.25) is 0 Å². The van der Waals surface area contributed by atoms with Crippen molar-refractivity contribution in [2.75, 3.05) is 26.5 Å². The number of hydrogen-bond acceptors (Lipinski definition) is 3. The van der Waals surface area contributed by atoms with Crippen molar-refractivity contribution in [2.24, 2.45) is 4.99 Å². The van der Waals surface area contributed by atoms with Gasteiger partial charge in [0.25, 0.3) is 0 Å². The highest BCUT2D eigenvalue weighted by atomic mass is 16.5. The summed E-state index contributed by atoms with van der Waals surface area (Å²) in [7, 11) is 5.26. The third-order valence-electron chi connectivity index (χ3n) is 3.51. The highest BCUT2D eigenvalue weighted by Crippen LogP contribution is 2.10. The summed E-state index contributed by atoms with van der Waals surface area (Å²) in [6.07, 6.45) is -0.478. The Bertz CT molecular complexity index is 697. The Morgan fingerprint density at radius 2 is 1.72 bits per heavy atom. The molecule has 0 heterocycles. The van der Waals surface area contributed by atoms with Crippen LogP contribution in [0.3, 0.4) is 0 Å². The van der Waals surface area contributed by atoms with Crippen LogP contribution in [-0.2, 0) is 17.8 Å². The van der Waals surface area contributed by atoms with E-state index in [2.05, 4.69) is 32.5 Å². The monoisotopic (exact) mass is 340 g/mol. The maximum Gasteiger partial charge on any atom is 0.411 e. The zero-order valence-electron chi connectivity index (χ0n) is 14.8. The second-order valence-corrected chi connectivity index (χ2v) is 5.69. The first-order valence-electron chi connectivity index (χ1n) is 8.02. The minimum absolute atomic E-state index is 0.478. The Morgan fingerprint density at radius 3 is 2.32 bits per heavy atom. The molecule has 0 saturated heterocycles. The molecule has 2 aromatic rings. The molecule has 0 spiro atoms. The topological polar surface area (TPSA) is 66.0 Å². The van der Waals surface area contributed by atoms with Crippen LogP contribution in [0.25, 0.3) is 0 Å². The third kappa shape index (κ3) is 6.18. The molecule has 0 saturated carbocycles. The lowest BCUT2D eigenvalue weighted by Gasteiger charge is -2.18. The molecule has 0 aliphatic carbocycles. The SMILES string of the molecule is COC(=O)Nc1ccc(CNC(=NCc2ccccc2)N(C)C)cc1. The summed E-state index contributed by atoms with van der Waals surface area (Å²) >= 11 is 0. The number of benzene rings is 2. The number of amides is 1. The summed E-state index contributed by atoms with van der Waals surface area (Å²) in [4.78, 5) is 17.8. The first-order chi connectivity index (χ1) is 12.1. The average molecular weight is 340 g/mol. The lowest BCUT2D eigenvalue weighted by Crippen LogP contribution is -2.36. The molecule has 0 aliphatic rings. The average Bonchev–Trinajstić information content (AvgIpc) is 2.63.